The number of aromatic nitrogens is 1. The Labute approximate surface area is 480 Å². The lowest BCUT2D eigenvalue weighted by molar-refractivity contribution is -0.388. The molecule has 1 atom stereocenters. The van der Waals surface area contributed by atoms with E-state index in [0.717, 1.165) is 45.0 Å². The van der Waals surface area contributed by atoms with Gasteiger partial charge in [-0.1, -0.05) is 43.3 Å². The average Bonchev–Trinajstić information content (AvgIpc) is 3.14. The van der Waals surface area contributed by atoms with E-state index in [-0.39, 0.29) is 83.7 Å². The van der Waals surface area contributed by atoms with E-state index in [0.29, 0.717) is 62.1 Å². The molecule has 1 aliphatic rings. The lowest BCUT2D eigenvalue weighted by atomic mass is 10.0. The summed E-state index contributed by atoms with van der Waals surface area (Å²) in [7, 11) is -9.84. The number of carbonyl (C=O) groups excluding carboxylic acids is 1. The highest BCUT2D eigenvalue weighted by Crippen LogP contribution is 2.38. The molecule has 2 N–H and O–H groups in total. The summed E-state index contributed by atoms with van der Waals surface area (Å²) in [4.78, 5) is 44.0. The number of halogens is 3. The number of rotatable bonds is 34. The van der Waals surface area contributed by atoms with Crippen molar-refractivity contribution in [2.75, 3.05) is 117 Å². The number of nitrogens with zero attached hydrogens (tertiary/aromatic N) is 7. The summed E-state index contributed by atoms with van der Waals surface area (Å²) < 4.78 is 138. The van der Waals surface area contributed by atoms with Gasteiger partial charge in [0.15, 0.2) is 9.79 Å². The van der Waals surface area contributed by atoms with Crippen molar-refractivity contribution in [3.63, 3.8) is 0 Å². The summed E-state index contributed by atoms with van der Waals surface area (Å²) in [6, 6.07) is 22.1. The fourth-order valence-corrected chi connectivity index (χ4v) is 12.4. The number of nitro groups is 2. The number of carbonyl (C=O) groups is 1. The number of nitrogens with two attached hydrogens (primary N) is 1. The van der Waals surface area contributed by atoms with Gasteiger partial charge in [-0.2, -0.15) is 21.8 Å². The molecule has 0 aliphatic carbocycles. The van der Waals surface area contributed by atoms with E-state index in [1.54, 1.807) is 57.2 Å². The lowest BCUT2D eigenvalue weighted by Gasteiger charge is -2.43. The molecule has 0 bridgehead atoms. The minimum Gasteiger partial charge on any atom is -0.494 e. The number of alkyl halides is 3. The largest absolute Gasteiger partial charge is 0.494 e. The van der Waals surface area contributed by atoms with Crippen molar-refractivity contribution >= 4 is 43.0 Å². The van der Waals surface area contributed by atoms with Crippen LogP contribution in [0.3, 0.4) is 0 Å². The van der Waals surface area contributed by atoms with E-state index in [9.17, 15) is 46.6 Å². The van der Waals surface area contributed by atoms with Gasteiger partial charge in [0.05, 0.1) is 104 Å². The van der Waals surface area contributed by atoms with Crippen molar-refractivity contribution in [3.05, 3.63) is 140 Å². The highest BCUT2D eigenvalue weighted by atomic mass is 32.2. The van der Waals surface area contributed by atoms with Crippen molar-refractivity contribution in [2.24, 2.45) is 5.73 Å². The highest BCUT2D eigenvalue weighted by Gasteiger charge is 2.40. The van der Waals surface area contributed by atoms with Gasteiger partial charge in [-0.25, -0.2) is 21.8 Å². The minimum atomic E-state index is -5.02. The number of benzene rings is 4. The van der Waals surface area contributed by atoms with Gasteiger partial charge in [-0.05, 0) is 81.3 Å². The van der Waals surface area contributed by atoms with Gasteiger partial charge >= 0.3 is 6.18 Å². The molecule has 1 saturated heterocycles. The summed E-state index contributed by atoms with van der Waals surface area (Å²) >= 11 is 0. The third-order valence-electron chi connectivity index (χ3n) is 13.2. The summed E-state index contributed by atoms with van der Waals surface area (Å²) in [5.41, 5.74) is 3.32. The van der Waals surface area contributed by atoms with Crippen molar-refractivity contribution in [2.45, 2.75) is 62.2 Å². The predicted octanol–water partition coefficient (Wildman–Crippen LogP) is 7.42. The van der Waals surface area contributed by atoms with E-state index in [1.807, 2.05) is 4.90 Å². The van der Waals surface area contributed by atoms with Crippen LogP contribution in [0.4, 0.5) is 30.2 Å². The number of nitro benzene ring substituents is 2. The lowest BCUT2D eigenvalue weighted by Crippen LogP contribution is -2.55. The second-order valence-corrected chi connectivity index (χ2v) is 22.3. The summed E-state index contributed by atoms with van der Waals surface area (Å²) in [6.45, 7) is 5.38. The van der Waals surface area contributed by atoms with Gasteiger partial charge in [0, 0.05) is 76.2 Å². The number of amides is 1. The van der Waals surface area contributed by atoms with Crippen molar-refractivity contribution in [1.29, 1.82) is 0 Å². The Bertz CT molecular complexity index is 3200. The second kappa shape index (κ2) is 31.1. The molecule has 452 valence electrons. The molecular weight excluding hydrogens is 1130 g/mol. The predicted molar refractivity (Wildman–Crippen MR) is 300 cm³/mol. The molecule has 23 nitrogen and oxygen atoms in total. The summed E-state index contributed by atoms with van der Waals surface area (Å²) in [5.74, 6) is -0.509. The molecule has 28 heteroatoms. The standard InChI is InChI=1S/C55H69F3N8O15S2/c1-4-41-39-61(54(67)43-21-20-42(80-5-2)38-45(43)55(56,57)58)26-29-64(41)48-23-22-46(44-14-7-10-17-51(44)81-6-3)60-47(48)40-63(83(74,75)53-19-12-9-16-50(53)66(70)71)28-27-62(82(72,73)52-18-11-8-15-49(52)65(68)69)25-13-30-76-32-34-78-36-37-79-35-33-77-31-24-59/h7-12,14-23,38,41H,4-6,13,24-37,39-40,59H2,1-3H3/t41-/m1/s1. The van der Waals surface area contributed by atoms with Gasteiger partial charge < -0.3 is 44.0 Å². The van der Waals surface area contributed by atoms with Crippen LogP contribution in [0.25, 0.3) is 11.3 Å². The molecule has 4 aromatic carbocycles. The zero-order chi connectivity index (χ0) is 60.2. The molecule has 83 heavy (non-hydrogen) atoms. The first-order valence-corrected chi connectivity index (χ1v) is 29.8. The Balaban J connectivity index is 1.37. The maximum Gasteiger partial charge on any atom is 0.417 e. The number of pyridine rings is 1. The molecule has 1 amide bonds. The van der Waals surface area contributed by atoms with Crippen LogP contribution in [0.15, 0.2) is 113 Å². The SMILES string of the molecule is CCOc1ccc(C(=O)N2CCN(c3ccc(-c4ccccc4OCC)nc3CN(CCN(CCCOCCOCCOCCOCCN)S(=O)(=O)c3ccccc3[N+](=O)[O-])S(=O)(=O)c3ccccc3[N+](=O)[O-])[C@H](CC)C2)c(C(F)(F)F)c1. The third kappa shape index (κ3) is 17.4. The molecule has 0 spiro atoms. The molecule has 5 aromatic rings. The Kier molecular flexibility index (Phi) is 24.5. The van der Waals surface area contributed by atoms with Gasteiger partial charge in [-0.3, -0.25) is 25.0 Å². The normalized spacial score (nSPS) is 14.1. The topological polar surface area (TPSA) is 279 Å². The fourth-order valence-electron chi connectivity index (χ4n) is 9.20. The quantitative estimate of drug-likeness (QED) is 0.0238. The highest BCUT2D eigenvalue weighted by molar-refractivity contribution is 7.89. The molecule has 2 heterocycles. The minimum absolute atomic E-state index is 0.0126. The van der Waals surface area contributed by atoms with E-state index >= 15 is 8.42 Å². The summed E-state index contributed by atoms with van der Waals surface area (Å²) in [5, 5.41) is 24.8. The van der Waals surface area contributed by atoms with Gasteiger partial charge in [0.2, 0.25) is 20.0 Å². The zero-order valence-electron chi connectivity index (χ0n) is 46.3. The van der Waals surface area contributed by atoms with Crippen LogP contribution in [0.1, 0.15) is 55.2 Å². The van der Waals surface area contributed by atoms with Crippen LogP contribution in [0, 0.1) is 20.2 Å². The number of piperazine rings is 1. The van der Waals surface area contributed by atoms with Crippen LogP contribution in [-0.4, -0.2) is 169 Å². The van der Waals surface area contributed by atoms with E-state index in [4.69, 9.17) is 39.1 Å². The maximum atomic E-state index is 15.3. The first-order valence-electron chi connectivity index (χ1n) is 26.9. The molecule has 0 radical (unpaired) electrons. The summed E-state index contributed by atoms with van der Waals surface area (Å²) in [6.07, 6.45) is -4.57. The first-order chi connectivity index (χ1) is 39.8. The molecule has 0 saturated carbocycles. The van der Waals surface area contributed by atoms with Crippen molar-refractivity contribution < 1.29 is 73.1 Å². The molecule has 1 aromatic heterocycles. The Morgan fingerprint density at radius 2 is 1.25 bits per heavy atom. The monoisotopic (exact) mass is 1200 g/mol. The van der Waals surface area contributed by atoms with Crippen molar-refractivity contribution in [3.8, 4) is 22.8 Å². The van der Waals surface area contributed by atoms with Crippen LogP contribution < -0.4 is 20.1 Å². The van der Waals surface area contributed by atoms with Crippen LogP contribution in [0.5, 0.6) is 11.5 Å². The fraction of sp³-hybridized carbons (Fsp3) is 0.455. The zero-order valence-corrected chi connectivity index (χ0v) is 47.9. The van der Waals surface area contributed by atoms with E-state index in [1.165, 1.54) is 35.2 Å². The molecular formula is C55H69F3N8O15S2. The molecule has 1 aliphatic heterocycles. The Morgan fingerprint density at radius 3 is 1.83 bits per heavy atom. The smallest absolute Gasteiger partial charge is 0.417 e. The third-order valence-corrected chi connectivity index (χ3v) is 17.0. The molecule has 0 unspecified atom stereocenters. The Hall–Kier alpha value is -6.89. The van der Waals surface area contributed by atoms with Crippen LogP contribution >= 0.6 is 0 Å². The number of hydrogen-bond donors (Lipinski definition) is 1. The van der Waals surface area contributed by atoms with E-state index in [2.05, 4.69) is 0 Å². The molecule has 1 fully saturated rings. The number of sulfonamides is 2. The number of anilines is 1. The maximum absolute atomic E-state index is 15.3. The second-order valence-electron chi connectivity index (χ2n) is 18.5. The molecule has 6 rings (SSSR count). The first kappa shape index (κ1) is 65.3. The van der Waals surface area contributed by atoms with Gasteiger partial charge in [-0.15, -0.1) is 0 Å². The van der Waals surface area contributed by atoms with E-state index < -0.39 is 99.9 Å². The van der Waals surface area contributed by atoms with Crippen molar-refractivity contribution in [1.82, 2.24) is 18.5 Å². The number of ether oxygens (including phenoxy) is 6. The van der Waals surface area contributed by atoms with Gasteiger partial charge in [0.25, 0.3) is 17.3 Å². The van der Waals surface area contributed by atoms with Crippen LogP contribution in [0.2, 0.25) is 0 Å². The number of hydrogen-bond acceptors (Lipinski definition) is 18. The average molecular weight is 1200 g/mol. The van der Waals surface area contributed by atoms with Crippen LogP contribution in [-0.2, 0) is 51.7 Å². The number of para-hydroxylation sites is 3. The Morgan fingerprint density at radius 1 is 0.699 bits per heavy atom. The van der Waals surface area contributed by atoms with Gasteiger partial charge in [0.1, 0.15) is 11.5 Å².